The molecule has 10 heteroatoms. The summed E-state index contributed by atoms with van der Waals surface area (Å²) >= 11 is 0. The number of aryl methyl sites for hydroxylation is 1. The lowest BCUT2D eigenvalue weighted by atomic mass is 10.1. The zero-order chi connectivity index (χ0) is 20.2. The van der Waals surface area contributed by atoms with E-state index in [1.807, 2.05) is 4.68 Å². The Labute approximate surface area is 166 Å². The molecule has 152 valence electrons. The van der Waals surface area contributed by atoms with Gasteiger partial charge in [0.2, 0.25) is 0 Å². The first-order chi connectivity index (χ1) is 14.1. The van der Waals surface area contributed by atoms with Crippen LogP contribution in [0.25, 0.3) is 5.69 Å². The van der Waals surface area contributed by atoms with Crippen molar-refractivity contribution in [1.29, 1.82) is 0 Å². The van der Waals surface area contributed by atoms with Gasteiger partial charge in [-0.15, -0.1) is 0 Å². The van der Waals surface area contributed by atoms with E-state index < -0.39 is 0 Å². The van der Waals surface area contributed by atoms with Crippen LogP contribution in [-0.2, 0) is 24.4 Å². The molecular weight excluding hydrogens is 377 g/mol. The molecule has 0 spiro atoms. The summed E-state index contributed by atoms with van der Waals surface area (Å²) in [5.74, 6) is 0.952. The second-order valence-electron chi connectivity index (χ2n) is 6.82. The highest BCUT2D eigenvalue weighted by Crippen LogP contribution is 2.23. The van der Waals surface area contributed by atoms with E-state index in [1.54, 1.807) is 36.2 Å². The number of carbonyl (C=O) groups is 1. The third-order valence-corrected chi connectivity index (χ3v) is 4.75. The lowest BCUT2D eigenvalue weighted by molar-refractivity contribution is 0.177. The first-order valence-corrected chi connectivity index (χ1v) is 9.37. The van der Waals surface area contributed by atoms with Crippen LogP contribution in [-0.4, -0.2) is 37.5 Å². The Morgan fingerprint density at radius 2 is 2.31 bits per heavy atom. The molecule has 2 N–H and O–H groups in total. The van der Waals surface area contributed by atoms with Crippen molar-refractivity contribution in [3.63, 3.8) is 0 Å². The van der Waals surface area contributed by atoms with Crippen LogP contribution in [0.5, 0.6) is 0 Å². The highest BCUT2D eigenvalue weighted by atomic mass is 19.1. The lowest BCUT2D eigenvalue weighted by Crippen LogP contribution is -2.39. The molecule has 0 fully saturated rings. The molecule has 0 radical (unpaired) electrons. The number of benzene rings is 1. The fourth-order valence-electron chi connectivity index (χ4n) is 3.39. The standard InChI is InChI=1S/C19H22FN7O2/c1-29-11-17-24-18-15(3-2-7-27(18)25-17)23-19(28)22-10-13-4-5-16(14(20)9-13)26-8-6-21-12-26/h4-6,8-9,12,15H,2-3,7,10-11H2,1H3,(H2,22,23,28). The minimum absolute atomic E-state index is 0.210. The van der Waals surface area contributed by atoms with Crippen LogP contribution in [0.2, 0.25) is 0 Å². The van der Waals surface area contributed by atoms with E-state index in [0.717, 1.165) is 25.2 Å². The fraction of sp³-hybridized carbons (Fsp3) is 0.368. The van der Waals surface area contributed by atoms with Gasteiger partial charge in [-0.3, -0.25) is 0 Å². The number of imidazole rings is 1. The summed E-state index contributed by atoms with van der Waals surface area (Å²) in [4.78, 5) is 20.7. The molecule has 2 aromatic heterocycles. The first-order valence-electron chi connectivity index (χ1n) is 9.37. The van der Waals surface area contributed by atoms with E-state index in [0.29, 0.717) is 23.7 Å². The van der Waals surface area contributed by atoms with Crippen molar-refractivity contribution in [3.05, 3.63) is 59.9 Å². The van der Waals surface area contributed by atoms with Crippen molar-refractivity contribution >= 4 is 6.03 Å². The maximum atomic E-state index is 14.3. The number of nitrogens with zero attached hydrogens (tertiary/aromatic N) is 5. The lowest BCUT2D eigenvalue weighted by Gasteiger charge is -2.23. The number of amides is 2. The number of methoxy groups -OCH3 is 1. The molecular formula is C19H22FN7O2. The Morgan fingerprint density at radius 3 is 3.07 bits per heavy atom. The predicted octanol–water partition coefficient (Wildman–Crippen LogP) is 2.08. The van der Waals surface area contributed by atoms with E-state index in [-0.39, 0.29) is 24.4 Å². The average molecular weight is 399 g/mol. The number of urea groups is 1. The quantitative estimate of drug-likeness (QED) is 0.661. The first kappa shape index (κ1) is 19.1. The van der Waals surface area contributed by atoms with Gasteiger partial charge in [-0.05, 0) is 30.5 Å². The zero-order valence-corrected chi connectivity index (χ0v) is 16.0. The van der Waals surface area contributed by atoms with Crippen molar-refractivity contribution in [2.24, 2.45) is 0 Å². The van der Waals surface area contributed by atoms with Crippen LogP contribution in [0.4, 0.5) is 9.18 Å². The smallest absolute Gasteiger partial charge is 0.315 e. The van der Waals surface area contributed by atoms with Crippen LogP contribution in [0.1, 0.15) is 36.1 Å². The Balaban J connectivity index is 1.36. The third-order valence-electron chi connectivity index (χ3n) is 4.75. The molecule has 2 amide bonds. The van der Waals surface area contributed by atoms with Gasteiger partial charge in [0.15, 0.2) is 5.82 Å². The summed E-state index contributed by atoms with van der Waals surface area (Å²) in [6.07, 6.45) is 6.47. The molecule has 4 rings (SSSR count). The molecule has 9 nitrogen and oxygen atoms in total. The highest BCUT2D eigenvalue weighted by Gasteiger charge is 2.25. The third kappa shape index (κ3) is 4.27. The average Bonchev–Trinajstić information content (AvgIpc) is 3.37. The van der Waals surface area contributed by atoms with Gasteiger partial charge >= 0.3 is 6.03 Å². The molecule has 1 aliphatic heterocycles. The van der Waals surface area contributed by atoms with Crippen molar-refractivity contribution < 1.29 is 13.9 Å². The normalized spacial score (nSPS) is 15.7. The number of ether oxygens (including phenoxy) is 1. The summed E-state index contributed by atoms with van der Waals surface area (Å²) in [6.45, 7) is 1.31. The molecule has 3 heterocycles. The van der Waals surface area contributed by atoms with E-state index in [9.17, 15) is 9.18 Å². The van der Waals surface area contributed by atoms with Crippen molar-refractivity contribution in [2.45, 2.75) is 38.6 Å². The molecule has 0 saturated carbocycles. The van der Waals surface area contributed by atoms with Crippen molar-refractivity contribution in [3.8, 4) is 5.69 Å². The maximum Gasteiger partial charge on any atom is 0.315 e. The molecule has 29 heavy (non-hydrogen) atoms. The Morgan fingerprint density at radius 1 is 1.41 bits per heavy atom. The van der Waals surface area contributed by atoms with Gasteiger partial charge in [0.25, 0.3) is 0 Å². The molecule has 0 saturated heterocycles. The van der Waals surface area contributed by atoms with Crippen LogP contribution in [0.15, 0.2) is 36.9 Å². The van der Waals surface area contributed by atoms with Crippen molar-refractivity contribution in [1.82, 2.24) is 34.9 Å². The highest BCUT2D eigenvalue weighted by molar-refractivity contribution is 5.74. The molecule has 1 unspecified atom stereocenters. The topological polar surface area (TPSA) is 98.9 Å². The number of aromatic nitrogens is 5. The summed E-state index contributed by atoms with van der Waals surface area (Å²) in [5.41, 5.74) is 1.07. The molecule has 0 bridgehead atoms. The van der Waals surface area contributed by atoms with Gasteiger partial charge < -0.3 is 19.9 Å². The minimum atomic E-state index is -0.381. The van der Waals surface area contributed by atoms with Gasteiger partial charge in [-0.25, -0.2) is 23.8 Å². The fourth-order valence-corrected chi connectivity index (χ4v) is 3.39. The number of halogens is 1. The predicted molar refractivity (Wildman–Crippen MR) is 102 cm³/mol. The van der Waals surface area contributed by atoms with E-state index >= 15 is 0 Å². The van der Waals surface area contributed by atoms with E-state index in [2.05, 4.69) is 25.7 Å². The van der Waals surface area contributed by atoms with Gasteiger partial charge in [0.1, 0.15) is 18.2 Å². The summed E-state index contributed by atoms with van der Waals surface area (Å²) in [7, 11) is 1.59. The Kier molecular flexibility index (Phi) is 5.52. The second-order valence-corrected chi connectivity index (χ2v) is 6.82. The molecule has 3 aromatic rings. The Hall–Kier alpha value is -3.27. The number of hydrogen-bond acceptors (Lipinski definition) is 5. The van der Waals surface area contributed by atoms with Gasteiger partial charge in [0.05, 0.1) is 18.1 Å². The maximum absolute atomic E-state index is 14.3. The van der Waals surface area contributed by atoms with Crippen molar-refractivity contribution in [2.75, 3.05) is 7.11 Å². The van der Waals surface area contributed by atoms with Gasteiger partial charge in [0, 0.05) is 32.6 Å². The minimum Gasteiger partial charge on any atom is -0.377 e. The number of nitrogens with one attached hydrogen (secondary N) is 2. The number of carbonyl (C=O) groups excluding carboxylic acids is 1. The monoisotopic (exact) mass is 399 g/mol. The largest absolute Gasteiger partial charge is 0.377 e. The Bertz CT molecular complexity index is 987. The number of fused-ring (bicyclic) bond motifs is 1. The SMILES string of the molecule is COCc1nc2n(n1)CCCC2NC(=O)NCc1ccc(-n2ccnc2)c(F)c1. The van der Waals surface area contributed by atoms with Crippen LogP contribution in [0, 0.1) is 5.82 Å². The summed E-state index contributed by atoms with van der Waals surface area (Å²) in [5, 5.41) is 10.1. The van der Waals surface area contributed by atoms with Crippen LogP contribution < -0.4 is 10.6 Å². The summed E-state index contributed by atoms with van der Waals surface area (Å²) in [6, 6.07) is 4.28. The molecule has 1 atom stereocenters. The van der Waals surface area contributed by atoms with Crippen LogP contribution in [0.3, 0.4) is 0 Å². The molecule has 0 aliphatic carbocycles. The van der Waals surface area contributed by atoms with Crippen LogP contribution >= 0.6 is 0 Å². The van der Waals surface area contributed by atoms with Gasteiger partial charge in [-0.1, -0.05) is 6.07 Å². The molecule has 1 aliphatic rings. The second kappa shape index (κ2) is 8.39. The van der Waals surface area contributed by atoms with E-state index in [4.69, 9.17) is 4.74 Å². The number of hydrogen-bond donors (Lipinski definition) is 2. The zero-order valence-electron chi connectivity index (χ0n) is 16.0. The summed E-state index contributed by atoms with van der Waals surface area (Å²) < 4.78 is 22.8. The molecule has 1 aromatic carbocycles. The number of rotatable bonds is 6. The van der Waals surface area contributed by atoms with Gasteiger partial charge in [-0.2, -0.15) is 5.10 Å². The van der Waals surface area contributed by atoms with E-state index in [1.165, 1.54) is 12.4 Å².